The Morgan fingerprint density at radius 2 is 1.74 bits per heavy atom. The van der Waals surface area contributed by atoms with Crippen LogP contribution in [0.5, 0.6) is 5.75 Å². The summed E-state index contributed by atoms with van der Waals surface area (Å²) in [5.74, 6) is 0.993. The van der Waals surface area contributed by atoms with E-state index in [1.54, 1.807) is 7.11 Å². The highest BCUT2D eigenvalue weighted by Gasteiger charge is 2.19. The Labute approximate surface area is 139 Å². The van der Waals surface area contributed by atoms with Gasteiger partial charge in [0.1, 0.15) is 5.75 Å². The second kappa shape index (κ2) is 7.51. The van der Waals surface area contributed by atoms with Crippen LogP contribution in [0.1, 0.15) is 24.0 Å². The fourth-order valence-corrected chi connectivity index (χ4v) is 3.20. The van der Waals surface area contributed by atoms with Crippen LogP contribution in [0, 0.1) is 6.92 Å². The van der Waals surface area contributed by atoms with E-state index >= 15 is 0 Å². The van der Waals surface area contributed by atoms with Crippen molar-refractivity contribution in [3.05, 3.63) is 59.7 Å². The van der Waals surface area contributed by atoms with Crippen molar-refractivity contribution in [2.45, 2.75) is 32.4 Å². The van der Waals surface area contributed by atoms with Gasteiger partial charge in [0.05, 0.1) is 7.11 Å². The largest absolute Gasteiger partial charge is 0.496 e. The number of aryl methyl sites for hydroxylation is 1. The van der Waals surface area contributed by atoms with Crippen LogP contribution in [0.2, 0.25) is 0 Å². The van der Waals surface area contributed by atoms with Gasteiger partial charge in [0.15, 0.2) is 0 Å². The highest BCUT2D eigenvalue weighted by atomic mass is 16.5. The third kappa shape index (κ3) is 4.26. The summed E-state index contributed by atoms with van der Waals surface area (Å²) in [5, 5.41) is 3.66. The summed E-state index contributed by atoms with van der Waals surface area (Å²) >= 11 is 0. The molecule has 0 amide bonds. The minimum atomic E-state index is 0.576. The molecule has 3 rings (SSSR count). The van der Waals surface area contributed by atoms with E-state index in [2.05, 4.69) is 53.5 Å². The second-order valence-corrected chi connectivity index (χ2v) is 6.37. The molecule has 3 nitrogen and oxygen atoms in total. The number of hydrogen-bond acceptors (Lipinski definition) is 3. The first-order valence-corrected chi connectivity index (χ1v) is 8.42. The number of ether oxygens (including phenoxy) is 1. The molecule has 1 fully saturated rings. The van der Waals surface area contributed by atoms with Gasteiger partial charge in [-0.25, -0.2) is 0 Å². The number of piperidine rings is 1. The molecule has 2 aromatic carbocycles. The van der Waals surface area contributed by atoms with E-state index in [1.807, 2.05) is 12.1 Å². The van der Waals surface area contributed by atoms with Crippen LogP contribution in [0.15, 0.2) is 48.5 Å². The molecule has 0 bridgehead atoms. The first-order valence-electron chi connectivity index (χ1n) is 8.42. The SMILES string of the molecule is COc1ccccc1CN1CCC(Nc2ccc(C)cc2)CC1. The van der Waals surface area contributed by atoms with Crippen molar-refractivity contribution in [1.82, 2.24) is 4.90 Å². The lowest BCUT2D eigenvalue weighted by Crippen LogP contribution is -2.38. The van der Waals surface area contributed by atoms with E-state index in [4.69, 9.17) is 4.74 Å². The van der Waals surface area contributed by atoms with Gasteiger partial charge in [0.2, 0.25) is 0 Å². The van der Waals surface area contributed by atoms with E-state index in [-0.39, 0.29) is 0 Å². The molecule has 122 valence electrons. The van der Waals surface area contributed by atoms with Gasteiger partial charge in [0, 0.05) is 36.9 Å². The fraction of sp³-hybridized carbons (Fsp3) is 0.400. The van der Waals surface area contributed by atoms with E-state index in [1.165, 1.54) is 29.7 Å². The van der Waals surface area contributed by atoms with Gasteiger partial charge in [-0.05, 0) is 38.0 Å². The summed E-state index contributed by atoms with van der Waals surface area (Å²) in [4.78, 5) is 2.52. The maximum atomic E-state index is 5.46. The smallest absolute Gasteiger partial charge is 0.123 e. The minimum Gasteiger partial charge on any atom is -0.496 e. The molecule has 0 atom stereocenters. The molecule has 1 heterocycles. The highest BCUT2D eigenvalue weighted by Crippen LogP contribution is 2.22. The molecule has 0 aliphatic carbocycles. The summed E-state index contributed by atoms with van der Waals surface area (Å²) < 4.78 is 5.46. The summed E-state index contributed by atoms with van der Waals surface area (Å²) in [7, 11) is 1.75. The molecule has 0 aromatic heterocycles. The second-order valence-electron chi connectivity index (χ2n) is 6.37. The van der Waals surface area contributed by atoms with Crippen LogP contribution in [0.3, 0.4) is 0 Å². The number of hydrogen-bond donors (Lipinski definition) is 1. The number of benzene rings is 2. The number of anilines is 1. The molecule has 2 aromatic rings. The average Bonchev–Trinajstić information content (AvgIpc) is 2.59. The molecule has 1 aliphatic rings. The normalized spacial score (nSPS) is 16.3. The van der Waals surface area contributed by atoms with Crippen molar-refractivity contribution < 1.29 is 4.74 Å². The molecule has 23 heavy (non-hydrogen) atoms. The Hall–Kier alpha value is -2.00. The first-order chi connectivity index (χ1) is 11.2. The van der Waals surface area contributed by atoms with Gasteiger partial charge in [-0.15, -0.1) is 0 Å². The molecule has 1 aliphatic heterocycles. The number of likely N-dealkylation sites (tertiary alicyclic amines) is 1. The van der Waals surface area contributed by atoms with Crippen LogP contribution in [0.25, 0.3) is 0 Å². The van der Waals surface area contributed by atoms with Crippen molar-refractivity contribution in [2.75, 3.05) is 25.5 Å². The maximum absolute atomic E-state index is 5.46. The maximum Gasteiger partial charge on any atom is 0.123 e. The highest BCUT2D eigenvalue weighted by molar-refractivity contribution is 5.45. The molecular weight excluding hydrogens is 284 g/mol. The van der Waals surface area contributed by atoms with E-state index in [9.17, 15) is 0 Å². The Bertz CT molecular complexity index is 616. The van der Waals surface area contributed by atoms with Crippen LogP contribution >= 0.6 is 0 Å². The summed E-state index contributed by atoms with van der Waals surface area (Å²) in [6, 6.07) is 17.6. The molecule has 3 heteroatoms. The molecule has 0 radical (unpaired) electrons. The van der Waals surface area contributed by atoms with E-state index in [0.29, 0.717) is 6.04 Å². The molecule has 1 saturated heterocycles. The summed E-state index contributed by atoms with van der Waals surface area (Å²) in [6.45, 7) is 5.35. The number of nitrogens with zero attached hydrogens (tertiary/aromatic N) is 1. The van der Waals surface area contributed by atoms with Gasteiger partial charge in [0.25, 0.3) is 0 Å². The van der Waals surface area contributed by atoms with E-state index < -0.39 is 0 Å². The molecule has 1 N–H and O–H groups in total. The Morgan fingerprint density at radius 1 is 1.04 bits per heavy atom. The number of nitrogens with one attached hydrogen (secondary N) is 1. The van der Waals surface area contributed by atoms with Crippen molar-refractivity contribution in [2.24, 2.45) is 0 Å². The van der Waals surface area contributed by atoms with Gasteiger partial charge >= 0.3 is 0 Å². The van der Waals surface area contributed by atoms with Gasteiger partial charge in [-0.2, -0.15) is 0 Å². The minimum absolute atomic E-state index is 0.576. The lowest BCUT2D eigenvalue weighted by atomic mass is 10.0. The van der Waals surface area contributed by atoms with Crippen molar-refractivity contribution in [3.8, 4) is 5.75 Å². The van der Waals surface area contributed by atoms with Gasteiger partial charge < -0.3 is 10.1 Å². The van der Waals surface area contributed by atoms with Crippen molar-refractivity contribution in [3.63, 3.8) is 0 Å². The number of rotatable bonds is 5. The molecule has 0 unspecified atom stereocenters. The molecule has 0 spiro atoms. The quantitative estimate of drug-likeness (QED) is 0.900. The Kier molecular flexibility index (Phi) is 5.19. The topological polar surface area (TPSA) is 24.5 Å². The standard InChI is InChI=1S/C20H26N2O/c1-16-7-9-18(10-8-16)21-19-11-13-22(14-12-19)15-17-5-3-4-6-20(17)23-2/h3-10,19,21H,11-15H2,1-2H3. The monoisotopic (exact) mass is 310 g/mol. The lowest BCUT2D eigenvalue weighted by Gasteiger charge is -2.33. The number of para-hydroxylation sites is 1. The lowest BCUT2D eigenvalue weighted by molar-refractivity contribution is 0.209. The van der Waals surface area contributed by atoms with Crippen molar-refractivity contribution >= 4 is 5.69 Å². The summed E-state index contributed by atoms with van der Waals surface area (Å²) in [5.41, 5.74) is 3.82. The third-order valence-electron chi connectivity index (χ3n) is 4.60. The number of methoxy groups -OCH3 is 1. The van der Waals surface area contributed by atoms with Crippen LogP contribution in [0.4, 0.5) is 5.69 Å². The van der Waals surface area contributed by atoms with Crippen LogP contribution < -0.4 is 10.1 Å². The molecule has 0 saturated carbocycles. The van der Waals surface area contributed by atoms with Crippen LogP contribution in [-0.2, 0) is 6.54 Å². The van der Waals surface area contributed by atoms with Gasteiger partial charge in [-0.1, -0.05) is 35.9 Å². The zero-order valence-corrected chi connectivity index (χ0v) is 14.1. The predicted molar refractivity (Wildman–Crippen MR) is 96.1 cm³/mol. The fourth-order valence-electron chi connectivity index (χ4n) is 3.20. The summed E-state index contributed by atoms with van der Waals surface area (Å²) in [6.07, 6.45) is 2.37. The van der Waals surface area contributed by atoms with Crippen LogP contribution in [-0.4, -0.2) is 31.1 Å². The molecular formula is C20H26N2O. The first kappa shape index (κ1) is 15.9. The van der Waals surface area contributed by atoms with Gasteiger partial charge in [-0.3, -0.25) is 4.90 Å². The third-order valence-corrected chi connectivity index (χ3v) is 4.60. The van der Waals surface area contributed by atoms with E-state index in [0.717, 1.165) is 25.4 Å². The average molecular weight is 310 g/mol. The predicted octanol–water partition coefficient (Wildman–Crippen LogP) is 4.08. The zero-order valence-electron chi connectivity index (χ0n) is 14.1. The Balaban J connectivity index is 1.51. The Morgan fingerprint density at radius 3 is 2.43 bits per heavy atom. The van der Waals surface area contributed by atoms with Crippen molar-refractivity contribution in [1.29, 1.82) is 0 Å². The zero-order chi connectivity index (χ0) is 16.1.